The second-order valence-electron chi connectivity index (χ2n) is 10.0. The van der Waals surface area contributed by atoms with E-state index in [0.29, 0.717) is 37.4 Å². The van der Waals surface area contributed by atoms with Crippen LogP contribution in [-0.2, 0) is 43.6 Å². The second-order valence-corrected chi connectivity index (χ2v) is 10.4. The summed E-state index contributed by atoms with van der Waals surface area (Å²) in [5.74, 6) is 0.0497. The Morgan fingerprint density at radius 2 is 1.40 bits per heavy atom. The molecule has 1 aliphatic heterocycles. The first-order valence-corrected chi connectivity index (χ1v) is 14.3. The van der Waals surface area contributed by atoms with E-state index in [-0.39, 0.29) is 17.7 Å². The Kier molecular flexibility index (Phi) is 9.31. The molecule has 1 N–H and O–H groups in total. The highest BCUT2D eigenvalue weighted by Gasteiger charge is 2.48. The summed E-state index contributed by atoms with van der Waals surface area (Å²) >= 11 is 6.40. The highest BCUT2D eigenvalue weighted by molar-refractivity contribution is 6.33. The van der Waals surface area contributed by atoms with Crippen LogP contribution in [0.2, 0.25) is 5.15 Å². The number of fused-ring (bicyclic) bond motifs is 1. The number of anilines is 1. The van der Waals surface area contributed by atoms with Gasteiger partial charge in [-0.2, -0.15) is 9.97 Å². The number of rotatable bonds is 13. The fourth-order valence-corrected chi connectivity index (χ4v) is 5.24. The van der Waals surface area contributed by atoms with E-state index in [1.165, 1.54) is 0 Å². The van der Waals surface area contributed by atoms with Crippen LogP contribution in [0.4, 0.5) is 5.95 Å². The van der Waals surface area contributed by atoms with Crippen LogP contribution in [0.15, 0.2) is 97.3 Å². The molecule has 1 fully saturated rings. The number of halogens is 1. The summed E-state index contributed by atoms with van der Waals surface area (Å²) in [6.45, 7) is 1.36. The minimum Gasteiger partial charge on any atom is -0.374 e. The van der Waals surface area contributed by atoms with Gasteiger partial charge in [0.05, 0.1) is 32.8 Å². The molecule has 1 saturated heterocycles. The molecule has 10 nitrogen and oxygen atoms in total. The number of hydrogen-bond donors (Lipinski definition) is 1. The molecule has 6 rings (SSSR count). The maximum atomic E-state index is 11.1. The number of nitrogens with zero attached hydrogens (tertiary/aromatic N) is 4. The zero-order valence-corrected chi connectivity index (χ0v) is 23.9. The third-order valence-corrected chi connectivity index (χ3v) is 7.35. The lowest BCUT2D eigenvalue weighted by Gasteiger charge is -2.25. The summed E-state index contributed by atoms with van der Waals surface area (Å²) in [7, 11) is 0. The van der Waals surface area contributed by atoms with Crippen LogP contribution in [0.1, 0.15) is 22.9 Å². The smallest absolute Gasteiger partial charge is 0.232 e. The number of benzene rings is 3. The molecular formula is C32H30ClN5O5. The zero-order chi connectivity index (χ0) is 29.4. The minimum atomic E-state index is -0.699. The first kappa shape index (κ1) is 28.9. The number of carbonyl (C=O) groups is 1. The van der Waals surface area contributed by atoms with E-state index in [9.17, 15) is 4.79 Å². The molecule has 1 aliphatic rings. The third-order valence-electron chi connectivity index (χ3n) is 7.09. The third kappa shape index (κ3) is 6.90. The number of imidazole rings is 1. The van der Waals surface area contributed by atoms with Crippen LogP contribution >= 0.6 is 11.6 Å². The molecule has 5 aromatic rings. The highest BCUT2D eigenvalue weighted by atomic mass is 35.5. The van der Waals surface area contributed by atoms with E-state index < -0.39 is 24.5 Å². The number of carbonyl (C=O) groups excluding carboxylic acids is 1. The van der Waals surface area contributed by atoms with E-state index in [4.69, 9.17) is 30.5 Å². The zero-order valence-electron chi connectivity index (χ0n) is 23.2. The van der Waals surface area contributed by atoms with Gasteiger partial charge in [-0.25, -0.2) is 4.98 Å². The number of ether oxygens (including phenoxy) is 4. The minimum absolute atomic E-state index is 0.0497. The Bertz CT molecular complexity index is 1620. The van der Waals surface area contributed by atoms with E-state index in [1.807, 2.05) is 91.0 Å². The lowest BCUT2D eigenvalue weighted by atomic mass is 10.1. The fourth-order valence-electron chi connectivity index (χ4n) is 5.03. The van der Waals surface area contributed by atoms with E-state index >= 15 is 0 Å². The SMILES string of the molecule is O=CNc1nc(Cl)c2ncn([C@@H]3O[C@@H](COCc4ccccc4)[C@@H](OCc4ccccc4)[C@@H]3OCc3ccccc3)c2n1. The summed E-state index contributed by atoms with van der Waals surface area (Å²) in [4.78, 5) is 24.2. The predicted molar refractivity (Wildman–Crippen MR) is 160 cm³/mol. The first-order valence-electron chi connectivity index (χ1n) is 13.9. The molecule has 0 aliphatic carbocycles. The average molecular weight is 600 g/mol. The summed E-state index contributed by atoms with van der Waals surface area (Å²) in [6.07, 6.45) is -0.199. The summed E-state index contributed by atoms with van der Waals surface area (Å²) in [5.41, 5.74) is 3.83. The molecule has 2 aromatic heterocycles. The van der Waals surface area contributed by atoms with Gasteiger partial charge in [0.1, 0.15) is 23.8 Å². The van der Waals surface area contributed by atoms with Gasteiger partial charge in [0.2, 0.25) is 12.4 Å². The molecule has 4 atom stereocenters. The number of nitrogens with one attached hydrogen (secondary N) is 1. The van der Waals surface area contributed by atoms with Crippen molar-refractivity contribution in [2.75, 3.05) is 11.9 Å². The van der Waals surface area contributed by atoms with Crippen molar-refractivity contribution in [2.45, 2.75) is 44.4 Å². The quantitative estimate of drug-likeness (QED) is 0.143. The molecule has 0 radical (unpaired) electrons. The van der Waals surface area contributed by atoms with Gasteiger partial charge in [-0.1, -0.05) is 103 Å². The van der Waals surface area contributed by atoms with Crippen molar-refractivity contribution >= 4 is 35.1 Å². The lowest BCUT2D eigenvalue weighted by molar-refractivity contribution is -0.105. The van der Waals surface area contributed by atoms with Gasteiger partial charge in [-0.3, -0.25) is 14.7 Å². The molecule has 43 heavy (non-hydrogen) atoms. The predicted octanol–water partition coefficient (Wildman–Crippen LogP) is 5.33. The van der Waals surface area contributed by atoms with Gasteiger partial charge in [0, 0.05) is 0 Å². The maximum Gasteiger partial charge on any atom is 0.232 e. The Balaban J connectivity index is 1.33. The maximum absolute atomic E-state index is 11.1. The molecule has 11 heteroatoms. The largest absolute Gasteiger partial charge is 0.374 e. The molecule has 1 amide bonds. The van der Waals surface area contributed by atoms with Gasteiger partial charge in [-0.15, -0.1) is 0 Å². The average Bonchev–Trinajstić information content (AvgIpc) is 3.62. The van der Waals surface area contributed by atoms with Crippen molar-refractivity contribution in [3.8, 4) is 0 Å². The van der Waals surface area contributed by atoms with Gasteiger partial charge in [0.25, 0.3) is 0 Å². The highest BCUT2D eigenvalue weighted by Crippen LogP contribution is 2.37. The standard InChI is InChI=1S/C32H30ClN5O5/c33-29-26-30(37-32(36-29)35-21-39)38(20-34-26)31-28(42-18-24-14-8-3-9-15-24)27(41-17-23-12-6-2-7-13-23)25(43-31)19-40-16-22-10-4-1-5-11-22/h1-15,20-21,25,27-28,31H,16-19H2,(H,35,36,37,39)/t25-,27+,28-,31+/m0/s1. The molecule has 220 valence electrons. The van der Waals surface area contributed by atoms with Crippen molar-refractivity contribution in [1.82, 2.24) is 19.5 Å². The molecule has 0 unspecified atom stereocenters. The number of amides is 1. The van der Waals surface area contributed by atoms with Crippen LogP contribution in [0, 0.1) is 0 Å². The first-order chi connectivity index (χ1) is 21.2. The fraction of sp³-hybridized carbons (Fsp3) is 0.250. The number of hydrogen-bond acceptors (Lipinski definition) is 8. The van der Waals surface area contributed by atoms with E-state index in [0.717, 1.165) is 16.7 Å². The Labute approximate surface area is 253 Å². The van der Waals surface area contributed by atoms with Gasteiger partial charge < -0.3 is 18.9 Å². The van der Waals surface area contributed by atoms with Crippen molar-refractivity contribution in [1.29, 1.82) is 0 Å². The Hall–Kier alpha value is -4.19. The van der Waals surface area contributed by atoms with Gasteiger partial charge in [0.15, 0.2) is 17.0 Å². The Morgan fingerprint density at radius 3 is 2.00 bits per heavy atom. The summed E-state index contributed by atoms with van der Waals surface area (Å²) in [6, 6.07) is 29.8. The molecule has 0 saturated carbocycles. The Morgan fingerprint density at radius 1 is 0.814 bits per heavy atom. The van der Waals surface area contributed by atoms with Crippen molar-refractivity contribution < 1.29 is 23.7 Å². The van der Waals surface area contributed by atoms with E-state index in [2.05, 4.69) is 20.3 Å². The van der Waals surface area contributed by atoms with Crippen LogP contribution < -0.4 is 5.32 Å². The summed E-state index contributed by atoms with van der Waals surface area (Å²) < 4.78 is 27.7. The van der Waals surface area contributed by atoms with Crippen LogP contribution in [-0.4, -0.2) is 50.8 Å². The monoisotopic (exact) mass is 599 g/mol. The molecule has 3 heterocycles. The molecule has 0 bridgehead atoms. The molecular weight excluding hydrogens is 570 g/mol. The van der Waals surface area contributed by atoms with Crippen LogP contribution in [0.3, 0.4) is 0 Å². The van der Waals surface area contributed by atoms with Crippen LogP contribution in [0.25, 0.3) is 11.2 Å². The normalized spacial score (nSPS) is 19.9. The van der Waals surface area contributed by atoms with Crippen molar-refractivity contribution in [3.05, 3.63) is 119 Å². The van der Waals surface area contributed by atoms with Crippen molar-refractivity contribution in [2.24, 2.45) is 0 Å². The summed E-state index contributed by atoms with van der Waals surface area (Å²) in [5, 5.41) is 2.56. The van der Waals surface area contributed by atoms with Gasteiger partial charge in [-0.05, 0) is 16.7 Å². The second kappa shape index (κ2) is 13.9. The topological polar surface area (TPSA) is 110 Å². The van der Waals surface area contributed by atoms with Crippen molar-refractivity contribution in [3.63, 3.8) is 0 Å². The molecule has 0 spiro atoms. The van der Waals surface area contributed by atoms with E-state index in [1.54, 1.807) is 10.9 Å². The lowest BCUT2D eigenvalue weighted by Crippen LogP contribution is -2.38. The van der Waals surface area contributed by atoms with Gasteiger partial charge >= 0.3 is 0 Å². The number of aromatic nitrogens is 4. The molecule has 3 aromatic carbocycles. The van der Waals surface area contributed by atoms with Crippen LogP contribution in [0.5, 0.6) is 0 Å².